The smallest absolute Gasteiger partial charge is 0.306 e. The van der Waals surface area contributed by atoms with Crippen molar-refractivity contribution in [2.45, 2.75) is 232 Å². The average molecular weight is 679 g/mol. The van der Waals surface area contributed by atoms with Gasteiger partial charge in [-0.2, -0.15) is 0 Å². The lowest BCUT2D eigenvalue weighted by Crippen LogP contribution is -2.30. The topological polar surface area (TPSA) is 61.8 Å². The summed E-state index contributed by atoms with van der Waals surface area (Å²) in [5.41, 5.74) is 0. The van der Waals surface area contributed by atoms with Crippen molar-refractivity contribution in [3.05, 3.63) is 12.2 Å². The van der Waals surface area contributed by atoms with Crippen LogP contribution in [0.25, 0.3) is 0 Å². The van der Waals surface area contributed by atoms with E-state index in [0.29, 0.717) is 26.1 Å². The summed E-state index contributed by atoms with van der Waals surface area (Å²) in [6.07, 6.45) is 42.0. The monoisotopic (exact) mass is 679 g/mol. The molecule has 0 spiro atoms. The molecular weight excluding hydrogens is 596 g/mol. The first-order valence-electron chi connectivity index (χ1n) is 21.2. The maximum absolute atomic E-state index is 12.6. The van der Waals surface area contributed by atoms with Crippen molar-refractivity contribution in [3.63, 3.8) is 0 Å². The zero-order chi connectivity index (χ0) is 35.0. The van der Waals surface area contributed by atoms with Crippen LogP contribution in [-0.4, -0.2) is 37.9 Å². The molecule has 0 aromatic rings. The second kappa shape index (κ2) is 40.1. The molecule has 0 aromatic heterocycles. The van der Waals surface area contributed by atoms with Crippen LogP contribution in [0.3, 0.4) is 0 Å². The Kier molecular flexibility index (Phi) is 38.9. The number of allylic oxidation sites excluding steroid dienone is 2. The summed E-state index contributed by atoms with van der Waals surface area (Å²) < 4.78 is 17.2. The largest absolute Gasteiger partial charge is 0.462 e. The summed E-state index contributed by atoms with van der Waals surface area (Å²) in [7, 11) is 0. The van der Waals surface area contributed by atoms with Gasteiger partial charge in [-0.05, 0) is 44.9 Å². The number of hydrogen-bond donors (Lipinski definition) is 0. The van der Waals surface area contributed by atoms with Crippen molar-refractivity contribution in [2.24, 2.45) is 0 Å². The van der Waals surface area contributed by atoms with Crippen molar-refractivity contribution < 1.29 is 23.8 Å². The molecule has 0 N–H and O–H groups in total. The molecule has 0 aliphatic rings. The lowest BCUT2D eigenvalue weighted by Gasteiger charge is -2.18. The van der Waals surface area contributed by atoms with E-state index < -0.39 is 6.10 Å². The van der Waals surface area contributed by atoms with Gasteiger partial charge in [0.25, 0.3) is 0 Å². The van der Waals surface area contributed by atoms with Gasteiger partial charge in [0.05, 0.1) is 6.61 Å². The minimum atomic E-state index is -0.525. The third-order valence-electron chi connectivity index (χ3n) is 9.30. The molecule has 0 bridgehead atoms. The molecule has 0 aliphatic heterocycles. The number of ether oxygens (including phenoxy) is 3. The van der Waals surface area contributed by atoms with Crippen LogP contribution in [0.4, 0.5) is 0 Å². The minimum absolute atomic E-state index is 0.0883. The number of carbonyl (C=O) groups is 2. The van der Waals surface area contributed by atoms with E-state index in [1.54, 1.807) is 0 Å². The van der Waals surface area contributed by atoms with Gasteiger partial charge in [0.1, 0.15) is 6.61 Å². The van der Waals surface area contributed by atoms with Crippen LogP contribution < -0.4 is 0 Å². The molecule has 5 nitrogen and oxygen atoms in total. The average Bonchev–Trinajstić information content (AvgIpc) is 3.08. The Balaban J connectivity index is 4.19. The first kappa shape index (κ1) is 46.6. The third kappa shape index (κ3) is 37.5. The molecule has 0 saturated carbocycles. The first-order valence-corrected chi connectivity index (χ1v) is 21.2. The molecule has 0 radical (unpaired) electrons. The van der Waals surface area contributed by atoms with Crippen LogP contribution in [0.5, 0.6) is 0 Å². The summed E-state index contributed by atoms with van der Waals surface area (Å²) in [6, 6.07) is 0. The Morgan fingerprint density at radius 3 is 1.29 bits per heavy atom. The van der Waals surface area contributed by atoms with E-state index in [9.17, 15) is 9.59 Å². The van der Waals surface area contributed by atoms with Gasteiger partial charge in [0.2, 0.25) is 0 Å². The molecule has 1 unspecified atom stereocenters. The Bertz CT molecular complexity index is 691. The highest BCUT2D eigenvalue weighted by molar-refractivity contribution is 5.70. The van der Waals surface area contributed by atoms with Gasteiger partial charge in [-0.25, -0.2) is 0 Å². The fourth-order valence-corrected chi connectivity index (χ4v) is 6.09. The lowest BCUT2D eigenvalue weighted by atomic mass is 10.1. The van der Waals surface area contributed by atoms with Gasteiger partial charge in [-0.3, -0.25) is 9.59 Å². The number of esters is 2. The summed E-state index contributed by atoms with van der Waals surface area (Å²) >= 11 is 0. The van der Waals surface area contributed by atoms with Gasteiger partial charge in [-0.15, -0.1) is 0 Å². The quantitative estimate of drug-likeness (QED) is 0.0368. The molecule has 0 fully saturated rings. The molecule has 0 amide bonds. The number of unbranched alkanes of at least 4 members (excludes halogenated alkanes) is 26. The molecule has 0 heterocycles. The van der Waals surface area contributed by atoms with Crippen LogP contribution in [0.15, 0.2) is 12.2 Å². The van der Waals surface area contributed by atoms with Gasteiger partial charge >= 0.3 is 11.9 Å². The van der Waals surface area contributed by atoms with Crippen LogP contribution in [0.1, 0.15) is 226 Å². The van der Waals surface area contributed by atoms with Crippen LogP contribution in [-0.2, 0) is 23.8 Å². The highest BCUT2D eigenvalue weighted by Crippen LogP contribution is 2.14. The molecule has 48 heavy (non-hydrogen) atoms. The maximum Gasteiger partial charge on any atom is 0.306 e. The molecule has 1 atom stereocenters. The summed E-state index contributed by atoms with van der Waals surface area (Å²) in [5, 5.41) is 0. The summed E-state index contributed by atoms with van der Waals surface area (Å²) in [5.74, 6) is -0.399. The molecule has 5 heteroatoms. The second-order valence-electron chi connectivity index (χ2n) is 14.3. The number of carbonyl (C=O) groups excluding carboxylic acids is 2. The molecule has 0 aromatic carbocycles. The van der Waals surface area contributed by atoms with E-state index in [-0.39, 0.29) is 18.5 Å². The molecule has 0 saturated heterocycles. The predicted molar refractivity (Wildman–Crippen MR) is 206 cm³/mol. The van der Waals surface area contributed by atoms with Gasteiger partial charge in [-0.1, -0.05) is 181 Å². The van der Waals surface area contributed by atoms with Gasteiger partial charge in [0.15, 0.2) is 6.10 Å². The normalized spacial score (nSPS) is 12.1. The zero-order valence-electron chi connectivity index (χ0n) is 32.5. The summed E-state index contributed by atoms with van der Waals surface area (Å²) in [4.78, 5) is 25.1. The van der Waals surface area contributed by atoms with Crippen LogP contribution in [0, 0.1) is 0 Å². The molecule has 0 rings (SSSR count). The Morgan fingerprint density at radius 1 is 0.438 bits per heavy atom. The van der Waals surface area contributed by atoms with E-state index in [0.717, 1.165) is 44.9 Å². The van der Waals surface area contributed by atoms with Crippen molar-refractivity contribution in [1.82, 2.24) is 0 Å². The highest BCUT2D eigenvalue weighted by Gasteiger charge is 2.17. The standard InChI is InChI=1S/C43H82O5/c1-4-7-10-13-16-19-21-22-24-25-27-30-33-36-42(44)47-40-41(39-46-38-35-32-29-18-15-12-9-6-3)48-43(45)37-34-31-28-26-23-20-17-14-11-8-5-2/h19,21,41H,4-18,20,22-40H2,1-3H3/b21-19-. The molecule has 0 aliphatic carbocycles. The van der Waals surface area contributed by atoms with Crippen molar-refractivity contribution in [2.75, 3.05) is 19.8 Å². The zero-order valence-corrected chi connectivity index (χ0v) is 32.5. The fraction of sp³-hybridized carbons (Fsp3) is 0.907. The Labute approximate surface area is 299 Å². The summed E-state index contributed by atoms with van der Waals surface area (Å²) in [6.45, 7) is 7.80. The molecular formula is C43H82O5. The maximum atomic E-state index is 12.6. The van der Waals surface area contributed by atoms with Gasteiger partial charge in [0, 0.05) is 19.4 Å². The lowest BCUT2D eigenvalue weighted by molar-refractivity contribution is -0.163. The Hall–Kier alpha value is -1.36. The molecule has 284 valence electrons. The SMILES string of the molecule is CCCCCC/C=C\CCCCCCCC(=O)OCC(COCCCCCCCCCC)OC(=O)CCCCCCCCCCCCC. The Morgan fingerprint density at radius 2 is 0.812 bits per heavy atom. The van der Waals surface area contributed by atoms with E-state index in [1.807, 2.05) is 0 Å². The van der Waals surface area contributed by atoms with Gasteiger partial charge < -0.3 is 14.2 Å². The van der Waals surface area contributed by atoms with Crippen molar-refractivity contribution >= 4 is 11.9 Å². The first-order chi connectivity index (χ1) is 23.6. The predicted octanol–water partition coefficient (Wildman–Crippen LogP) is 13.6. The second-order valence-corrected chi connectivity index (χ2v) is 14.3. The van der Waals surface area contributed by atoms with E-state index in [1.165, 1.54) is 148 Å². The fourth-order valence-electron chi connectivity index (χ4n) is 6.09. The highest BCUT2D eigenvalue weighted by atomic mass is 16.6. The minimum Gasteiger partial charge on any atom is -0.462 e. The third-order valence-corrected chi connectivity index (χ3v) is 9.30. The van der Waals surface area contributed by atoms with E-state index >= 15 is 0 Å². The van der Waals surface area contributed by atoms with Crippen LogP contribution in [0.2, 0.25) is 0 Å². The van der Waals surface area contributed by atoms with Crippen molar-refractivity contribution in [3.8, 4) is 0 Å². The van der Waals surface area contributed by atoms with Crippen LogP contribution >= 0.6 is 0 Å². The van der Waals surface area contributed by atoms with E-state index in [2.05, 4.69) is 32.9 Å². The number of hydrogen-bond acceptors (Lipinski definition) is 5. The van der Waals surface area contributed by atoms with Crippen molar-refractivity contribution in [1.29, 1.82) is 0 Å². The number of rotatable bonds is 39. The van der Waals surface area contributed by atoms with E-state index in [4.69, 9.17) is 14.2 Å².